The number of ether oxygens (including phenoxy) is 1. The van der Waals surface area contributed by atoms with Crippen molar-refractivity contribution in [1.82, 2.24) is 4.90 Å². The van der Waals surface area contributed by atoms with E-state index in [9.17, 15) is 19.7 Å². The summed E-state index contributed by atoms with van der Waals surface area (Å²) in [4.78, 5) is 35.8. The van der Waals surface area contributed by atoms with Crippen molar-refractivity contribution in [3.8, 4) is 0 Å². The molecule has 0 aromatic carbocycles. The molecule has 8 heteroatoms. The molecular weight excluding hydrogens is 296 g/mol. The highest BCUT2D eigenvalue weighted by atomic mass is 32.1. The lowest BCUT2D eigenvalue weighted by Crippen LogP contribution is -2.42. The van der Waals surface area contributed by atoms with E-state index in [1.54, 1.807) is 11.8 Å². The number of thiophene rings is 1. The Bertz CT molecular complexity index is 557. The SMILES string of the molecule is CCOC(=O)C1CCCN(C(=O)c2csc([N+](=O)[O-])c2)C1. The Kier molecular flexibility index (Phi) is 4.89. The van der Waals surface area contributed by atoms with Crippen molar-refractivity contribution < 1.29 is 19.2 Å². The molecule has 0 spiro atoms. The number of likely N-dealkylation sites (tertiary alicyclic amines) is 1. The van der Waals surface area contributed by atoms with Crippen LogP contribution in [0.15, 0.2) is 11.4 Å². The van der Waals surface area contributed by atoms with Crippen molar-refractivity contribution in [2.45, 2.75) is 19.8 Å². The number of nitro groups is 1. The third-order valence-electron chi connectivity index (χ3n) is 3.34. The number of amides is 1. The molecule has 0 aliphatic carbocycles. The van der Waals surface area contributed by atoms with Crippen LogP contribution in [0.5, 0.6) is 0 Å². The average Bonchev–Trinajstić information content (AvgIpc) is 2.97. The van der Waals surface area contributed by atoms with Crippen LogP contribution in [0, 0.1) is 16.0 Å². The first-order valence-corrected chi connectivity index (χ1v) is 7.59. The molecule has 0 radical (unpaired) electrons. The molecule has 1 aliphatic heterocycles. The Morgan fingerprint density at radius 1 is 1.57 bits per heavy atom. The van der Waals surface area contributed by atoms with Gasteiger partial charge in [0.15, 0.2) is 0 Å². The van der Waals surface area contributed by atoms with Gasteiger partial charge in [-0.25, -0.2) is 0 Å². The third-order valence-corrected chi connectivity index (χ3v) is 4.22. The highest BCUT2D eigenvalue weighted by Gasteiger charge is 2.30. The van der Waals surface area contributed by atoms with Gasteiger partial charge in [-0.3, -0.25) is 19.7 Å². The summed E-state index contributed by atoms with van der Waals surface area (Å²) in [6.07, 6.45) is 1.42. The summed E-state index contributed by atoms with van der Waals surface area (Å²) in [6, 6.07) is 1.28. The Labute approximate surface area is 125 Å². The lowest BCUT2D eigenvalue weighted by atomic mass is 9.98. The smallest absolute Gasteiger partial charge is 0.324 e. The molecule has 1 fully saturated rings. The van der Waals surface area contributed by atoms with E-state index in [0.29, 0.717) is 31.7 Å². The molecule has 21 heavy (non-hydrogen) atoms. The maximum atomic E-state index is 12.3. The van der Waals surface area contributed by atoms with E-state index >= 15 is 0 Å². The van der Waals surface area contributed by atoms with Gasteiger partial charge in [0.25, 0.3) is 5.91 Å². The van der Waals surface area contributed by atoms with Gasteiger partial charge in [0.1, 0.15) is 0 Å². The third kappa shape index (κ3) is 3.57. The zero-order valence-corrected chi connectivity index (χ0v) is 12.4. The van der Waals surface area contributed by atoms with Crippen LogP contribution in [-0.2, 0) is 9.53 Å². The largest absolute Gasteiger partial charge is 0.466 e. The summed E-state index contributed by atoms with van der Waals surface area (Å²) in [6.45, 7) is 2.92. The summed E-state index contributed by atoms with van der Waals surface area (Å²) in [7, 11) is 0. The topological polar surface area (TPSA) is 89.8 Å². The summed E-state index contributed by atoms with van der Waals surface area (Å²) in [5.74, 6) is -0.865. The van der Waals surface area contributed by atoms with Gasteiger partial charge in [0.05, 0.1) is 23.0 Å². The fourth-order valence-electron chi connectivity index (χ4n) is 2.33. The van der Waals surface area contributed by atoms with E-state index in [0.717, 1.165) is 17.8 Å². The standard InChI is InChI=1S/C13H16N2O5S/c1-2-20-13(17)9-4-3-5-14(7-9)12(16)10-6-11(15(18)19)21-8-10/h6,8-9H,2-5,7H2,1H3. The summed E-state index contributed by atoms with van der Waals surface area (Å²) >= 11 is 0.927. The molecule has 0 N–H and O–H groups in total. The predicted octanol–water partition coefficient (Wildman–Crippen LogP) is 2.07. The van der Waals surface area contributed by atoms with Crippen molar-refractivity contribution >= 4 is 28.2 Å². The Hall–Kier alpha value is -1.96. The zero-order valence-electron chi connectivity index (χ0n) is 11.6. The van der Waals surface area contributed by atoms with Crippen molar-refractivity contribution in [3.63, 3.8) is 0 Å². The van der Waals surface area contributed by atoms with Crippen molar-refractivity contribution in [1.29, 1.82) is 0 Å². The van der Waals surface area contributed by atoms with E-state index in [-0.39, 0.29) is 22.8 Å². The van der Waals surface area contributed by atoms with E-state index in [4.69, 9.17) is 4.74 Å². The number of carbonyl (C=O) groups is 2. The first-order chi connectivity index (χ1) is 10.0. The van der Waals surface area contributed by atoms with Crippen LogP contribution in [0.1, 0.15) is 30.1 Å². The van der Waals surface area contributed by atoms with Gasteiger partial charge in [-0.2, -0.15) is 0 Å². The summed E-state index contributed by atoms with van der Waals surface area (Å²) in [5.41, 5.74) is 0.302. The van der Waals surface area contributed by atoms with E-state index in [1.807, 2.05) is 0 Å². The van der Waals surface area contributed by atoms with Gasteiger partial charge < -0.3 is 9.64 Å². The molecule has 0 saturated carbocycles. The normalized spacial score (nSPS) is 18.3. The maximum Gasteiger partial charge on any atom is 0.324 e. The highest BCUT2D eigenvalue weighted by molar-refractivity contribution is 7.13. The second kappa shape index (κ2) is 6.66. The van der Waals surface area contributed by atoms with E-state index in [2.05, 4.69) is 0 Å². The first kappa shape index (κ1) is 15.4. The lowest BCUT2D eigenvalue weighted by Gasteiger charge is -2.31. The van der Waals surface area contributed by atoms with E-state index < -0.39 is 4.92 Å². The van der Waals surface area contributed by atoms with Crippen molar-refractivity contribution in [2.75, 3.05) is 19.7 Å². The molecule has 1 aromatic rings. The molecule has 1 atom stereocenters. The Balaban J connectivity index is 2.04. The number of hydrogen-bond acceptors (Lipinski definition) is 6. The van der Waals surface area contributed by atoms with Crippen LogP contribution in [0.25, 0.3) is 0 Å². The number of rotatable bonds is 4. The van der Waals surface area contributed by atoms with Crippen LogP contribution < -0.4 is 0 Å². The number of nitrogens with zero attached hydrogens (tertiary/aromatic N) is 2. The number of piperidine rings is 1. The minimum atomic E-state index is -0.515. The van der Waals surface area contributed by atoms with Crippen molar-refractivity contribution in [3.05, 3.63) is 27.1 Å². The van der Waals surface area contributed by atoms with Gasteiger partial charge in [-0.1, -0.05) is 11.3 Å². The maximum absolute atomic E-state index is 12.3. The van der Waals surface area contributed by atoms with Gasteiger partial charge in [0, 0.05) is 24.5 Å². The molecule has 1 saturated heterocycles. The van der Waals surface area contributed by atoms with Crippen LogP contribution in [-0.4, -0.2) is 41.4 Å². The minimum absolute atomic E-state index is 0.0581. The second-order valence-electron chi connectivity index (χ2n) is 4.77. The Morgan fingerprint density at radius 2 is 2.33 bits per heavy atom. The van der Waals surface area contributed by atoms with Crippen LogP contribution in [0.4, 0.5) is 5.00 Å². The molecule has 1 aliphatic rings. The van der Waals surface area contributed by atoms with Crippen LogP contribution in [0.2, 0.25) is 0 Å². The molecule has 2 rings (SSSR count). The number of carbonyl (C=O) groups excluding carboxylic acids is 2. The summed E-state index contributed by atoms with van der Waals surface area (Å²) in [5, 5.41) is 12.1. The average molecular weight is 312 g/mol. The van der Waals surface area contributed by atoms with Crippen molar-refractivity contribution in [2.24, 2.45) is 5.92 Å². The zero-order chi connectivity index (χ0) is 15.4. The predicted molar refractivity (Wildman–Crippen MR) is 76.2 cm³/mol. The molecule has 1 aromatic heterocycles. The monoisotopic (exact) mass is 312 g/mol. The number of hydrogen-bond donors (Lipinski definition) is 0. The van der Waals surface area contributed by atoms with Gasteiger partial charge in [-0.05, 0) is 19.8 Å². The van der Waals surface area contributed by atoms with Gasteiger partial charge in [0.2, 0.25) is 0 Å². The fraction of sp³-hybridized carbons (Fsp3) is 0.538. The summed E-state index contributed by atoms with van der Waals surface area (Å²) < 4.78 is 4.99. The van der Waals surface area contributed by atoms with Gasteiger partial charge in [-0.15, -0.1) is 0 Å². The van der Waals surface area contributed by atoms with Crippen LogP contribution >= 0.6 is 11.3 Å². The first-order valence-electron chi connectivity index (χ1n) is 6.71. The van der Waals surface area contributed by atoms with E-state index in [1.165, 1.54) is 11.4 Å². The molecule has 1 amide bonds. The van der Waals surface area contributed by atoms with Crippen LogP contribution in [0.3, 0.4) is 0 Å². The number of esters is 1. The quantitative estimate of drug-likeness (QED) is 0.482. The molecule has 7 nitrogen and oxygen atoms in total. The van der Waals surface area contributed by atoms with Gasteiger partial charge >= 0.3 is 11.0 Å². The molecule has 2 heterocycles. The molecule has 1 unspecified atom stereocenters. The molecule has 114 valence electrons. The molecule has 0 bridgehead atoms. The highest BCUT2D eigenvalue weighted by Crippen LogP contribution is 2.25. The second-order valence-corrected chi connectivity index (χ2v) is 5.66. The lowest BCUT2D eigenvalue weighted by molar-refractivity contribution is -0.380. The molecular formula is C13H16N2O5S. The fourth-order valence-corrected chi connectivity index (χ4v) is 3.03. The Morgan fingerprint density at radius 3 is 2.95 bits per heavy atom. The minimum Gasteiger partial charge on any atom is -0.466 e.